The first-order valence-corrected chi connectivity index (χ1v) is 9.03. The highest BCUT2D eigenvalue weighted by Crippen LogP contribution is 2.35. The van der Waals surface area contributed by atoms with E-state index in [2.05, 4.69) is 6.92 Å². The van der Waals surface area contributed by atoms with E-state index in [0.29, 0.717) is 5.75 Å². The Morgan fingerprint density at radius 1 is 1.29 bits per heavy atom. The summed E-state index contributed by atoms with van der Waals surface area (Å²) in [6.45, 7) is 2.06. The maximum atomic E-state index is 12.9. The molecule has 1 saturated heterocycles. The van der Waals surface area contributed by atoms with Crippen LogP contribution in [0.5, 0.6) is 0 Å². The molecule has 0 radical (unpaired) electrons. The molecule has 2 fully saturated rings. The molecule has 1 aliphatic carbocycles. The second kappa shape index (κ2) is 7.49. The Balaban J connectivity index is 2.17. The number of carbonyl (C=O) groups is 2. The summed E-state index contributed by atoms with van der Waals surface area (Å²) in [6.07, 6.45) is 6.67. The first-order valence-electron chi connectivity index (χ1n) is 7.98. The summed E-state index contributed by atoms with van der Waals surface area (Å²) in [5.41, 5.74) is 6.19. The van der Waals surface area contributed by atoms with Crippen LogP contribution in [0, 0.1) is 5.92 Å². The van der Waals surface area contributed by atoms with E-state index in [1.807, 2.05) is 0 Å². The van der Waals surface area contributed by atoms with Gasteiger partial charge in [-0.1, -0.05) is 32.6 Å². The molecule has 3 N–H and O–H groups in total. The predicted octanol–water partition coefficient (Wildman–Crippen LogP) is 2.05. The summed E-state index contributed by atoms with van der Waals surface area (Å²) in [6, 6.07) is -0.808. The van der Waals surface area contributed by atoms with E-state index in [1.165, 1.54) is 0 Å². The number of carboxylic acid groups (broad SMARTS) is 1. The molecule has 0 aromatic rings. The van der Waals surface area contributed by atoms with Gasteiger partial charge in [0.15, 0.2) is 0 Å². The molecule has 2 aliphatic rings. The van der Waals surface area contributed by atoms with Crippen molar-refractivity contribution in [2.45, 2.75) is 69.3 Å². The first-order chi connectivity index (χ1) is 10.1. The van der Waals surface area contributed by atoms with E-state index in [-0.39, 0.29) is 23.2 Å². The highest BCUT2D eigenvalue weighted by molar-refractivity contribution is 8.00. The van der Waals surface area contributed by atoms with Crippen LogP contribution in [-0.2, 0) is 9.59 Å². The number of carbonyl (C=O) groups excluding carboxylic acids is 1. The van der Waals surface area contributed by atoms with Crippen molar-refractivity contribution >= 4 is 23.6 Å². The molecule has 1 amide bonds. The molecular weight excluding hydrogens is 288 g/mol. The van der Waals surface area contributed by atoms with Gasteiger partial charge in [0.2, 0.25) is 5.91 Å². The van der Waals surface area contributed by atoms with Crippen molar-refractivity contribution in [2.24, 2.45) is 11.7 Å². The molecule has 5 nitrogen and oxygen atoms in total. The third-order valence-electron chi connectivity index (χ3n) is 4.55. The normalized spacial score (nSPS) is 33.7. The van der Waals surface area contributed by atoms with Crippen molar-refractivity contribution in [2.75, 3.05) is 5.75 Å². The Bertz CT molecular complexity index is 391. The van der Waals surface area contributed by atoms with E-state index in [9.17, 15) is 14.7 Å². The van der Waals surface area contributed by atoms with E-state index >= 15 is 0 Å². The molecule has 6 heteroatoms. The molecule has 1 heterocycles. The Hall–Kier alpha value is -0.750. The van der Waals surface area contributed by atoms with E-state index in [0.717, 1.165) is 44.9 Å². The van der Waals surface area contributed by atoms with Gasteiger partial charge in [-0.05, 0) is 19.3 Å². The molecule has 1 saturated carbocycles. The molecule has 21 heavy (non-hydrogen) atoms. The van der Waals surface area contributed by atoms with Gasteiger partial charge in [0.1, 0.15) is 6.04 Å². The predicted molar refractivity (Wildman–Crippen MR) is 84.0 cm³/mol. The van der Waals surface area contributed by atoms with Crippen molar-refractivity contribution in [3.63, 3.8) is 0 Å². The van der Waals surface area contributed by atoms with E-state index in [1.54, 1.807) is 16.7 Å². The Kier molecular flexibility index (Phi) is 5.93. The van der Waals surface area contributed by atoms with Gasteiger partial charge in [-0.25, -0.2) is 4.79 Å². The number of nitrogens with zero attached hydrogens (tertiary/aromatic N) is 1. The fraction of sp³-hybridized carbons (Fsp3) is 0.867. The summed E-state index contributed by atoms with van der Waals surface area (Å²) in [4.78, 5) is 26.0. The smallest absolute Gasteiger partial charge is 0.327 e. The van der Waals surface area contributed by atoms with E-state index < -0.39 is 12.0 Å². The maximum Gasteiger partial charge on any atom is 0.327 e. The van der Waals surface area contributed by atoms with Crippen LogP contribution in [0.2, 0.25) is 0 Å². The molecule has 0 aromatic carbocycles. The zero-order valence-electron chi connectivity index (χ0n) is 12.7. The minimum absolute atomic E-state index is 0.000877. The van der Waals surface area contributed by atoms with Crippen LogP contribution in [0.4, 0.5) is 0 Å². The second-order valence-corrected chi connectivity index (χ2v) is 7.30. The van der Waals surface area contributed by atoms with Crippen LogP contribution in [0.1, 0.15) is 51.9 Å². The Morgan fingerprint density at radius 2 is 2.00 bits per heavy atom. The average molecular weight is 314 g/mol. The van der Waals surface area contributed by atoms with Crippen LogP contribution >= 0.6 is 11.8 Å². The fourth-order valence-corrected chi connectivity index (χ4v) is 4.87. The van der Waals surface area contributed by atoms with Crippen LogP contribution < -0.4 is 5.73 Å². The van der Waals surface area contributed by atoms with Gasteiger partial charge in [0, 0.05) is 11.8 Å². The number of rotatable bonds is 4. The fourth-order valence-electron chi connectivity index (χ4n) is 3.35. The average Bonchev–Trinajstić information content (AvgIpc) is 2.74. The molecule has 4 unspecified atom stereocenters. The lowest BCUT2D eigenvalue weighted by molar-refractivity contribution is -0.151. The standard InChI is InChI=1S/C15H26N2O3S/c1-2-6-13-17(12(9-21-13)15(19)20)14(18)10-7-4-3-5-8-11(10)16/h10-13H,2-9,16H2,1H3,(H,19,20). The van der Waals surface area contributed by atoms with Crippen molar-refractivity contribution in [1.82, 2.24) is 4.90 Å². The van der Waals surface area contributed by atoms with Crippen molar-refractivity contribution < 1.29 is 14.7 Å². The SMILES string of the molecule is CCCC1SCC(C(=O)O)N1C(=O)C1CCCCCC1N. The number of hydrogen-bond acceptors (Lipinski definition) is 4. The van der Waals surface area contributed by atoms with Crippen LogP contribution in [-0.4, -0.2) is 45.1 Å². The van der Waals surface area contributed by atoms with Crippen molar-refractivity contribution in [3.8, 4) is 0 Å². The molecule has 1 aliphatic heterocycles. The monoisotopic (exact) mass is 314 g/mol. The topological polar surface area (TPSA) is 83.6 Å². The number of amides is 1. The van der Waals surface area contributed by atoms with Crippen LogP contribution in [0.25, 0.3) is 0 Å². The third kappa shape index (κ3) is 3.72. The minimum Gasteiger partial charge on any atom is -0.480 e. The lowest BCUT2D eigenvalue weighted by Crippen LogP contribution is -2.51. The summed E-state index contributed by atoms with van der Waals surface area (Å²) in [5, 5.41) is 9.40. The molecule has 2 rings (SSSR count). The minimum atomic E-state index is -0.892. The largest absolute Gasteiger partial charge is 0.480 e. The van der Waals surface area contributed by atoms with Gasteiger partial charge in [-0.2, -0.15) is 0 Å². The molecule has 0 aromatic heterocycles. The quantitative estimate of drug-likeness (QED) is 0.776. The molecule has 4 atom stereocenters. The number of nitrogens with two attached hydrogens (primary N) is 1. The summed E-state index contributed by atoms with van der Waals surface area (Å²) >= 11 is 1.59. The van der Waals surface area contributed by atoms with Crippen molar-refractivity contribution in [1.29, 1.82) is 0 Å². The first kappa shape index (κ1) is 16.6. The lowest BCUT2D eigenvalue weighted by atomic mass is 9.93. The Labute approximate surface area is 130 Å². The van der Waals surface area contributed by atoms with Gasteiger partial charge in [0.05, 0.1) is 11.3 Å². The third-order valence-corrected chi connectivity index (χ3v) is 5.91. The Morgan fingerprint density at radius 3 is 2.67 bits per heavy atom. The highest BCUT2D eigenvalue weighted by Gasteiger charge is 2.44. The van der Waals surface area contributed by atoms with Crippen LogP contribution in [0.15, 0.2) is 0 Å². The molecular formula is C15H26N2O3S. The zero-order valence-corrected chi connectivity index (χ0v) is 13.5. The maximum absolute atomic E-state index is 12.9. The zero-order chi connectivity index (χ0) is 15.4. The summed E-state index contributed by atoms with van der Waals surface area (Å²) in [7, 11) is 0. The van der Waals surface area contributed by atoms with Gasteiger partial charge in [0.25, 0.3) is 0 Å². The second-order valence-electron chi connectivity index (χ2n) is 6.08. The van der Waals surface area contributed by atoms with Gasteiger partial charge < -0.3 is 15.7 Å². The lowest BCUT2D eigenvalue weighted by Gasteiger charge is -2.32. The van der Waals surface area contributed by atoms with E-state index in [4.69, 9.17) is 5.73 Å². The number of aliphatic carboxylic acids is 1. The molecule has 0 spiro atoms. The van der Waals surface area contributed by atoms with Crippen molar-refractivity contribution in [3.05, 3.63) is 0 Å². The number of thioether (sulfide) groups is 1. The van der Waals surface area contributed by atoms with Crippen LogP contribution in [0.3, 0.4) is 0 Å². The molecule has 120 valence electrons. The number of carboxylic acids is 1. The summed E-state index contributed by atoms with van der Waals surface area (Å²) < 4.78 is 0. The summed E-state index contributed by atoms with van der Waals surface area (Å²) in [5.74, 6) is -0.627. The van der Waals surface area contributed by atoms with Gasteiger partial charge in [-0.3, -0.25) is 4.79 Å². The van der Waals surface area contributed by atoms with Gasteiger partial charge >= 0.3 is 5.97 Å². The highest BCUT2D eigenvalue weighted by atomic mass is 32.2. The number of hydrogen-bond donors (Lipinski definition) is 2. The van der Waals surface area contributed by atoms with Gasteiger partial charge in [-0.15, -0.1) is 11.8 Å². The molecule has 0 bridgehead atoms.